The van der Waals surface area contributed by atoms with E-state index < -0.39 is 0 Å². The summed E-state index contributed by atoms with van der Waals surface area (Å²) in [4.78, 5) is 11.0. The number of rotatable bonds is 15. The van der Waals surface area contributed by atoms with Crippen molar-refractivity contribution in [2.45, 2.75) is 118 Å². The van der Waals surface area contributed by atoms with Crippen LogP contribution in [0.4, 0.5) is 0 Å². The third kappa shape index (κ3) is 11.4. The van der Waals surface area contributed by atoms with E-state index in [4.69, 9.17) is 19.9 Å². The molecule has 0 aromatic heterocycles. The highest BCUT2D eigenvalue weighted by atomic mass is 17.7. The van der Waals surface area contributed by atoms with Gasteiger partial charge in [-0.2, -0.15) is 9.78 Å². The van der Waals surface area contributed by atoms with Crippen LogP contribution in [-0.4, -0.2) is 11.2 Å². The summed E-state index contributed by atoms with van der Waals surface area (Å²) in [5, 5.41) is 9.90. The Labute approximate surface area is 150 Å². The molecule has 0 fully saturated rings. The molecule has 0 saturated carbocycles. The first-order valence-corrected chi connectivity index (χ1v) is 9.86. The van der Waals surface area contributed by atoms with Gasteiger partial charge in [-0.05, 0) is 61.4 Å². The summed E-state index contributed by atoms with van der Waals surface area (Å²) >= 11 is 0. The Hall–Kier alpha value is -0.160. The predicted octanol–water partition coefficient (Wildman–Crippen LogP) is 6.79. The molecule has 2 atom stereocenters. The molecule has 24 heavy (non-hydrogen) atoms. The highest BCUT2D eigenvalue weighted by molar-refractivity contribution is 4.72. The van der Waals surface area contributed by atoms with E-state index in [2.05, 4.69) is 55.4 Å². The zero-order valence-corrected chi connectivity index (χ0v) is 17.4. The van der Waals surface area contributed by atoms with Crippen LogP contribution in [0.2, 0.25) is 0 Å². The van der Waals surface area contributed by atoms with Crippen molar-refractivity contribution in [3.8, 4) is 0 Å². The van der Waals surface area contributed by atoms with E-state index >= 15 is 0 Å². The topological polar surface area (TPSA) is 36.9 Å². The van der Waals surface area contributed by atoms with Gasteiger partial charge in [-0.15, -0.1) is 0 Å². The van der Waals surface area contributed by atoms with Crippen LogP contribution >= 0.6 is 0 Å². The van der Waals surface area contributed by atoms with Gasteiger partial charge in [0, 0.05) is 0 Å². The van der Waals surface area contributed by atoms with Gasteiger partial charge >= 0.3 is 0 Å². The lowest BCUT2D eigenvalue weighted by Gasteiger charge is -2.28. The first-order valence-electron chi connectivity index (χ1n) is 9.86. The molecule has 0 N–H and O–H groups in total. The average Bonchev–Trinajstić information content (AvgIpc) is 2.51. The summed E-state index contributed by atoms with van der Waals surface area (Å²) in [7, 11) is 0. The molecule has 0 aromatic carbocycles. The minimum Gasteiger partial charge on any atom is -0.197 e. The van der Waals surface area contributed by atoms with Crippen molar-refractivity contribution >= 4 is 0 Å². The van der Waals surface area contributed by atoms with Crippen LogP contribution in [0.1, 0.15) is 107 Å². The highest BCUT2D eigenvalue weighted by Crippen LogP contribution is 2.27. The molecule has 0 rings (SSSR count). The van der Waals surface area contributed by atoms with Gasteiger partial charge < -0.3 is 0 Å². The van der Waals surface area contributed by atoms with Crippen molar-refractivity contribution in [1.82, 2.24) is 0 Å². The second-order valence-corrected chi connectivity index (χ2v) is 8.48. The first-order chi connectivity index (χ1) is 11.2. The van der Waals surface area contributed by atoms with Crippen molar-refractivity contribution in [2.75, 3.05) is 0 Å². The van der Waals surface area contributed by atoms with Gasteiger partial charge in [0.05, 0.1) is 0 Å². The summed E-state index contributed by atoms with van der Waals surface area (Å²) in [6.07, 6.45) is 8.26. The standard InChI is InChI=1S/C20H42O4/c1-9-19(7,15-11-13-17(3)4)21-23-24-22-20(8,10-2)16-12-14-18(5)6/h17-18H,9-16H2,1-8H3. The van der Waals surface area contributed by atoms with E-state index in [1.54, 1.807) is 0 Å². The van der Waals surface area contributed by atoms with Crippen molar-refractivity contribution in [1.29, 1.82) is 0 Å². The molecule has 0 aliphatic heterocycles. The van der Waals surface area contributed by atoms with E-state index in [9.17, 15) is 0 Å². The fourth-order valence-corrected chi connectivity index (χ4v) is 2.52. The van der Waals surface area contributed by atoms with Crippen LogP contribution in [0.25, 0.3) is 0 Å². The molecule has 146 valence electrons. The number of hydrogen-bond acceptors (Lipinski definition) is 4. The Morgan fingerprint density at radius 1 is 0.667 bits per heavy atom. The van der Waals surface area contributed by atoms with Crippen molar-refractivity contribution in [3.63, 3.8) is 0 Å². The molecule has 0 radical (unpaired) electrons. The van der Waals surface area contributed by atoms with Gasteiger partial charge in [-0.1, -0.05) is 67.2 Å². The molecular weight excluding hydrogens is 304 g/mol. The Kier molecular flexibility index (Phi) is 12.2. The maximum absolute atomic E-state index is 5.50. The zero-order chi connectivity index (χ0) is 18.6. The normalized spacial score (nSPS) is 17.2. The molecule has 0 aromatic rings. The minimum atomic E-state index is -0.335. The molecule has 0 aliphatic carbocycles. The molecule has 0 heterocycles. The van der Waals surface area contributed by atoms with Crippen LogP contribution in [0.5, 0.6) is 0 Å². The maximum atomic E-state index is 5.50. The van der Waals surface area contributed by atoms with Crippen LogP contribution < -0.4 is 0 Å². The van der Waals surface area contributed by atoms with E-state index in [1.165, 1.54) is 12.8 Å². The predicted molar refractivity (Wildman–Crippen MR) is 99.1 cm³/mol. The average molecular weight is 347 g/mol. The Morgan fingerprint density at radius 3 is 1.25 bits per heavy atom. The molecular formula is C20H42O4. The van der Waals surface area contributed by atoms with E-state index in [1.807, 2.05) is 0 Å². The maximum Gasteiger partial charge on any atom is 0.104 e. The fraction of sp³-hybridized carbons (Fsp3) is 1.00. The van der Waals surface area contributed by atoms with Crippen LogP contribution in [0.15, 0.2) is 0 Å². The Balaban J connectivity index is 4.11. The van der Waals surface area contributed by atoms with Gasteiger partial charge in [-0.25, -0.2) is 0 Å². The molecule has 4 nitrogen and oxygen atoms in total. The summed E-state index contributed by atoms with van der Waals surface area (Å²) in [6, 6.07) is 0. The number of hydrogen-bond donors (Lipinski definition) is 0. The molecule has 0 saturated heterocycles. The summed E-state index contributed by atoms with van der Waals surface area (Å²) in [5.41, 5.74) is -0.670. The Morgan fingerprint density at radius 2 is 1.00 bits per heavy atom. The van der Waals surface area contributed by atoms with Crippen LogP contribution in [-0.2, 0) is 19.9 Å². The van der Waals surface area contributed by atoms with Crippen molar-refractivity contribution in [3.05, 3.63) is 0 Å². The zero-order valence-electron chi connectivity index (χ0n) is 17.4. The van der Waals surface area contributed by atoms with E-state index in [0.29, 0.717) is 11.8 Å². The molecule has 0 spiro atoms. The quantitative estimate of drug-likeness (QED) is 0.186. The summed E-state index contributed by atoms with van der Waals surface area (Å²) in [5.74, 6) is 1.42. The van der Waals surface area contributed by atoms with Crippen LogP contribution in [0, 0.1) is 11.8 Å². The van der Waals surface area contributed by atoms with Gasteiger partial charge in [0.2, 0.25) is 0 Å². The highest BCUT2D eigenvalue weighted by Gasteiger charge is 2.28. The van der Waals surface area contributed by atoms with E-state index in [0.717, 1.165) is 38.5 Å². The molecule has 2 unspecified atom stereocenters. The third-order valence-corrected chi connectivity index (χ3v) is 4.97. The largest absolute Gasteiger partial charge is 0.197 e. The fourth-order valence-electron chi connectivity index (χ4n) is 2.52. The first kappa shape index (κ1) is 23.8. The molecule has 0 aliphatic rings. The minimum absolute atomic E-state index is 0.335. The lowest BCUT2D eigenvalue weighted by atomic mass is 9.94. The second-order valence-electron chi connectivity index (χ2n) is 8.48. The van der Waals surface area contributed by atoms with Gasteiger partial charge in [0.1, 0.15) is 11.2 Å². The summed E-state index contributed by atoms with van der Waals surface area (Å²) < 4.78 is 0. The van der Waals surface area contributed by atoms with Gasteiger partial charge in [0.25, 0.3) is 0 Å². The van der Waals surface area contributed by atoms with Gasteiger partial charge in [0.15, 0.2) is 0 Å². The second kappa shape index (κ2) is 12.2. The summed E-state index contributed by atoms with van der Waals surface area (Å²) in [6.45, 7) is 17.3. The molecule has 4 heteroatoms. The lowest BCUT2D eigenvalue weighted by Crippen LogP contribution is -2.31. The van der Waals surface area contributed by atoms with Gasteiger partial charge in [-0.3, -0.25) is 0 Å². The lowest BCUT2D eigenvalue weighted by molar-refractivity contribution is -0.666. The third-order valence-electron chi connectivity index (χ3n) is 4.97. The molecule has 0 amide bonds. The SMILES string of the molecule is CCC(C)(CCCC(C)C)OOOOC(C)(CC)CCCC(C)C. The van der Waals surface area contributed by atoms with Crippen LogP contribution in [0.3, 0.4) is 0 Å². The van der Waals surface area contributed by atoms with Crippen molar-refractivity contribution in [2.24, 2.45) is 11.8 Å². The smallest absolute Gasteiger partial charge is 0.104 e. The monoisotopic (exact) mass is 346 g/mol. The Bertz CT molecular complexity index is 276. The van der Waals surface area contributed by atoms with Crippen molar-refractivity contribution < 1.29 is 19.9 Å². The van der Waals surface area contributed by atoms with E-state index in [-0.39, 0.29) is 11.2 Å². The molecule has 0 bridgehead atoms.